The number of carbonyl (C=O) groups excluding carboxylic acids is 1. The van der Waals surface area contributed by atoms with Gasteiger partial charge in [0, 0.05) is 20.6 Å². The Balaban J connectivity index is 1.82. The van der Waals surface area contributed by atoms with Gasteiger partial charge in [0.05, 0.1) is 6.61 Å². The van der Waals surface area contributed by atoms with Gasteiger partial charge in [0.25, 0.3) is 5.91 Å². The van der Waals surface area contributed by atoms with Crippen LogP contribution in [0.1, 0.15) is 64.2 Å². The monoisotopic (exact) mass is 497 g/mol. The maximum absolute atomic E-state index is 13.5. The molecule has 2 atom stereocenters. The molecule has 3 rings (SSSR count). The van der Waals surface area contributed by atoms with Crippen molar-refractivity contribution in [3.8, 4) is 5.75 Å². The molecule has 4 nitrogen and oxygen atoms in total. The molecule has 2 aromatic carbocycles. The van der Waals surface area contributed by atoms with Crippen molar-refractivity contribution in [3.63, 3.8) is 0 Å². The van der Waals surface area contributed by atoms with Gasteiger partial charge < -0.3 is 14.8 Å². The number of hydrogen-bond acceptors (Lipinski definition) is 3. The van der Waals surface area contributed by atoms with Crippen LogP contribution in [0.5, 0.6) is 5.75 Å². The average Bonchev–Trinajstić information content (AvgIpc) is 2.70. The summed E-state index contributed by atoms with van der Waals surface area (Å²) in [6.45, 7) is 4.43. The Morgan fingerprint density at radius 1 is 1.16 bits per heavy atom. The molecule has 0 spiro atoms. The first-order chi connectivity index (χ1) is 15.3. The van der Waals surface area contributed by atoms with Crippen LogP contribution in [0.15, 0.2) is 42.5 Å². The second kappa shape index (κ2) is 11.6. The zero-order valence-corrected chi connectivity index (χ0v) is 20.8. The van der Waals surface area contributed by atoms with E-state index in [0.717, 1.165) is 31.2 Å². The van der Waals surface area contributed by atoms with Crippen molar-refractivity contribution in [3.05, 3.63) is 63.1 Å². The highest BCUT2D eigenvalue weighted by Gasteiger charge is 2.37. The third kappa shape index (κ3) is 6.77. The van der Waals surface area contributed by atoms with Gasteiger partial charge in [0.2, 0.25) is 0 Å². The minimum absolute atomic E-state index is 0.277. The Labute approximate surface area is 205 Å². The summed E-state index contributed by atoms with van der Waals surface area (Å²) in [6.07, 6.45) is 5.13. The van der Waals surface area contributed by atoms with Gasteiger partial charge in [0.1, 0.15) is 5.75 Å². The van der Waals surface area contributed by atoms with Gasteiger partial charge in [-0.05, 0) is 62.8 Å². The van der Waals surface area contributed by atoms with Crippen molar-refractivity contribution in [1.29, 1.82) is 0 Å². The number of carbonyl (C=O) groups is 1. The van der Waals surface area contributed by atoms with Crippen molar-refractivity contribution in [1.82, 2.24) is 5.32 Å². The lowest BCUT2D eigenvalue weighted by Gasteiger charge is -2.33. The van der Waals surface area contributed by atoms with Crippen LogP contribution in [-0.4, -0.2) is 18.1 Å². The standard InChI is InChI=1S/C25H30Cl3NO3/c1-3-4-12-25(2,32-20-14-18(26)13-19(27)15-20)24(30)29-23(31-16-17-8-7-9-17)21-10-5-6-11-22(21)28/h5-6,10-11,13-15,17,23H,3-4,7-9,12,16H2,1-2H3,(H,29,30). The molecule has 0 heterocycles. The molecule has 2 aromatic rings. The highest BCUT2D eigenvalue weighted by atomic mass is 35.5. The Bertz CT molecular complexity index is 899. The van der Waals surface area contributed by atoms with E-state index >= 15 is 0 Å². The van der Waals surface area contributed by atoms with Crippen LogP contribution >= 0.6 is 34.8 Å². The first-order valence-electron chi connectivity index (χ1n) is 11.1. The third-order valence-electron chi connectivity index (χ3n) is 5.84. The largest absolute Gasteiger partial charge is 0.478 e. The maximum Gasteiger partial charge on any atom is 0.266 e. The normalized spacial score (nSPS) is 16.7. The summed E-state index contributed by atoms with van der Waals surface area (Å²) in [4.78, 5) is 13.5. The molecule has 0 aliphatic heterocycles. The van der Waals surface area contributed by atoms with Crippen LogP contribution in [0.4, 0.5) is 0 Å². The Morgan fingerprint density at radius 3 is 2.44 bits per heavy atom. The van der Waals surface area contributed by atoms with Gasteiger partial charge in [-0.3, -0.25) is 4.79 Å². The average molecular weight is 499 g/mol. The number of unbranched alkanes of at least 4 members (excludes halogenated alkanes) is 1. The molecular weight excluding hydrogens is 469 g/mol. The van der Waals surface area contributed by atoms with E-state index in [0.29, 0.717) is 39.8 Å². The highest BCUT2D eigenvalue weighted by molar-refractivity contribution is 6.34. The van der Waals surface area contributed by atoms with Crippen molar-refractivity contribution >= 4 is 40.7 Å². The number of amides is 1. The van der Waals surface area contributed by atoms with Crippen LogP contribution < -0.4 is 10.1 Å². The number of halogens is 3. The number of ether oxygens (including phenoxy) is 2. The van der Waals surface area contributed by atoms with E-state index in [1.807, 2.05) is 18.2 Å². The van der Waals surface area contributed by atoms with Gasteiger partial charge in [-0.25, -0.2) is 0 Å². The Kier molecular flexibility index (Phi) is 9.13. The summed E-state index contributed by atoms with van der Waals surface area (Å²) in [5.41, 5.74) is -0.408. The molecule has 0 aromatic heterocycles. The minimum atomic E-state index is -1.14. The van der Waals surface area contributed by atoms with Crippen molar-refractivity contribution in [2.75, 3.05) is 6.61 Å². The fourth-order valence-electron chi connectivity index (χ4n) is 3.63. The number of hydrogen-bond donors (Lipinski definition) is 1. The summed E-state index contributed by atoms with van der Waals surface area (Å²) >= 11 is 18.7. The van der Waals surface area contributed by atoms with Gasteiger partial charge in [0.15, 0.2) is 11.8 Å². The van der Waals surface area contributed by atoms with Crippen molar-refractivity contribution in [2.24, 2.45) is 5.92 Å². The van der Waals surface area contributed by atoms with Gasteiger partial charge >= 0.3 is 0 Å². The summed E-state index contributed by atoms with van der Waals surface area (Å²) in [6, 6.07) is 12.3. The topological polar surface area (TPSA) is 47.6 Å². The second-order valence-corrected chi connectivity index (χ2v) is 9.83. The van der Waals surface area contributed by atoms with E-state index in [2.05, 4.69) is 12.2 Å². The van der Waals surface area contributed by atoms with Crippen molar-refractivity contribution < 1.29 is 14.3 Å². The molecule has 7 heteroatoms. The van der Waals surface area contributed by atoms with E-state index in [-0.39, 0.29) is 5.91 Å². The summed E-state index contributed by atoms with van der Waals surface area (Å²) in [5, 5.41) is 4.48. The predicted octanol–water partition coefficient (Wildman–Crippen LogP) is 7.61. The van der Waals surface area contributed by atoms with Crippen LogP contribution in [0.2, 0.25) is 15.1 Å². The highest BCUT2D eigenvalue weighted by Crippen LogP contribution is 2.32. The molecule has 2 unspecified atom stereocenters. The molecule has 1 fully saturated rings. The van der Waals surface area contributed by atoms with E-state index in [1.54, 1.807) is 31.2 Å². The van der Waals surface area contributed by atoms with Gasteiger partial charge in [-0.15, -0.1) is 0 Å². The quantitative estimate of drug-likeness (QED) is 0.324. The zero-order valence-electron chi connectivity index (χ0n) is 18.5. The molecule has 1 aliphatic rings. The first kappa shape index (κ1) is 25.2. The number of benzene rings is 2. The Morgan fingerprint density at radius 2 is 1.84 bits per heavy atom. The lowest BCUT2D eigenvalue weighted by molar-refractivity contribution is -0.142. The zero-order chi connectivity index (χ0) is 23.1. The van der Waals surface area contributed by atoms with E-state index in [9.17, 15) is 4.79 Å². The van der Waals surface area contributed by atoms with Gasteiger partial charge in [-0.2, -0.15) is 0 Å². The summed E-state index contributed by atoms with van der Waals surface area (Å²) in [5.74, 6) is 0.690. The molecule has 0 radical (unpaired) electrons. The third-order valence-corrected chi connectivity index (χ3v) is 6.62. The molecule has 174 valence electrons. The fraction of sp³-hybridized carbons (Fsp3) is 0.480. The molecule has 1 saturated carbocycles. The lowest BCUT2D eigenvalue weighted by atomic mass is 9.86. The Hall–Kier alpha value is -1.46. The van der Waals surface area contributed by atoms with E-state index < -0.39 is 11.8 Å². The molecule has 1 amide bonds. The van der Waals surface area contributed by atoms with E-state index in [4.69, 9.17) is 44.3 Å². The maximum atomic E-state index is 13.5. The predicted molar refractivity (Wildman–Crippen MR) is 131 cm³/mol. The molecule has 0 bridgehead atoms. The van der Waals surface area contributed by atoms with Crippen LogP contribution in [0.25, 0.3) is 0 Å². The fourth-order valence-corrected chi connectivity index (χ4v) is 4.37. The SMILES string of the molecule is CCCCC(C)(Oc1cc(Cl)cc(Cl)c1)C(=O)NC(OCC1CCC1)c1ccccc1Cl. The van der Waals surface area contributed by atoms with Crippen molar-refractivity contribution in [2.45, 2.75) is 64.2 Å². The van der Waals surface area contributed by atoms with Crippen LogP contribution in [-0.2, 0) is 9.53 Å². The molecule has 1 aliphatic carbocycles. The van der Waals surface area contributed by atoms with E-state index in [1.165, 1.54) is 6.42 Å². The number of nitrogens with one attached hydrogen (secondary N) is 1. The molecule has 32 heavy (non-hydrogen) atoms. The summed E-state index contributed by atoms with van der Waals surface area (Å²) in [7, 11) is 0. The second-order valence-electron chi connectivity index (χ2n) is 8.55. The van der Waals surface area contributed by atoms with Crippen LogP contribution in [0, 0.1) is 5.92 Å². The molecule has 0 saturated heterocycles. The first-order valence-corrected chi connectivity index (χ1v) is 12.3. The minimum Gasteiger partial charge on any atom is -0.478 e. The summed E-state index contributed by atoms with van der Waals surface area (Å²) < 4.78 is 12.3. The molecule has 1 N–H and O–H groups in total. The van der Waals surface area contributed by atoms with Gasteiger partial charge in [-0.1, -0.05) is 72.8 Å². The number of rotatable bonds is 11. The van der Waals surface area contributed by atoms with Crippen LogP contribution in [0.3, 0.4) is 0 Å². The molecular formula is C25H30Cl3NO3. The smallest absolute Gasteiger partial charge is 0.266 e. The lowest BCUT2D eigenvalue weighted by Crippen LogP contribution is -2.50.